The molecule has 0 bridgehead atoms. The zero-order chi connectivity index (χ0) is 11.6. The molecule has 1 aromatic rings. The van der Waals surface area contributed by atoms with E-state index in [1.54, 1.807) is 7.11 Å². The lowest BCUT2D eigenvalue weighted by atomic mass is 10.3. The van der Waals surface area contributed by atoms with Crippen molar-refractivity contribution in [2.24, 2.45) is 0 Å². The molecule has 0 aliphatic heterocycles. The summed E-state index contributed by atoms with van der Waals surface area (Å²) in [7, 11) is 1.74. The van der Waals surface area contributed by atoms with Gasteiger partial charge < -0.3 is 10.1 Å². The maximum atomic E-state index is 5.00. The molecule has 0 aliphatic rings. The third-order valence-corrected chi connectivity index (χ3v) is 3.20. The van der Waals surface area contributed by atoms with Gasteiger partial charge in [0, 0.05) is 32.2 Å². The van der Waals surface area contributed by atoms with E-state index >= 15 is 0 Å². The molecule has 1 N–H and O–H groups in total. The standard InChI is InChI=1S/C12H20N2OS/c1-3-13-12-6-5-11(9-14-12)10-16-8-4-7-15-2/h5-6,9H,3-4,7-8,10H2,1-2H3,(H,13,14). The van der Waals surface area contributed by atoms with Crippen LogP contribution in [-0.4, -0.2) is 31.0 Å². The van der Waals surface area contributed by atoms with Crippen LogP contribution in [0.2, 0.25) is 0 Å². The highest BCUT2D eigenvalue weighted by molar-refractivity contribution is 7.98. The predicted octanol–water partition coefficient (Wildman–Crippen LogP) is 2.78. The molecule has 0 atom stereocenters. The van der Waals surface area contributed by atoms with Crippen LogP contribution in [0.1, 0.15) is 18.9 Å². The van der Waals surface area contributed by atoms with E-state index in [0.29, 0.717) is 0 Å². The van der Waals surface area contributed by atoms with E-state index in [1.165, 1.54) is 5.56 Å². The Morgan fingerprint density at radius 1 is 1.44 bits per heavy atom. The summed E-state index contributed by atoms with van der Waals surface area (Å²) in [6.07, 6.45) is 3.06. The molecule has 0 unspecified atom stereocenters. The lowest BCUT2D eigenvalue weighted by Crippen LogP contribution is -1.99. The first-order valence-corrected chi connectivity index (χ1v) is 6.77. The largest absolute Gasteiger partial charge is 0.385 e. The number of nitrogens with one attached hydrogen (secondary N) is 1. The highest BCUT2D eigenvalue weighted by Gasteiger charge is 1.96. The average Bonchev–Trinajstić information content (AvgIpc) is 2.31. The minimum atomic E-state index is 0.852. The van der Waals surface area contributed by atoms with Gasteiger partial charge in [0.15, 0.2) is 0 Å². The second-order valence-electron chi connectivity index (χ2n) is 3.48. The molecular weight excluding hydrogens is 220 g/mol. The van der Waals surface area contributed by atoms with Crippen LogP contribution < -0.4 is 5.32 Å². The lowest BCUT2D eigenvalue weighted by Gasteiger charge is -2.04. The molecule has 1 heterocycles. The highest BCUT2D eigenvalue weighted by Crippen LogP contribution is 2.13. The lowest BCUT2D eigenvalue weighted by molar-refractivity contribution is 0.200. The fourth-order valence-corrected chi connectivity index (χ4v) is 2.16. The smallest absolute Gasteiger partial charge is 0.125 e. The van der Waals surface area contributed by atoms with E-state index in [9.17, 15) is 0 Å². The van der Waals surface area contributed by atoms with Crippen LogP contribution in [0.15, 0.2) is 18.3 Å². The van der Waals surface area contributed by atoms with Gasteiger partial charge in [0.1, 0.15) is 5.82 Å². The van der Waals surface area contributed by atoms with E-state index in [-0.39, 0.29) is 0 Å². The minimum Gasteiger partial charge on any atom is -0.385 e. The molecule has 0 fully saturated rings. The Kier molecular flexibility index (Phi) is 7.01. The average molecular weight is 240 g/mol. The Morgan fingerprint density at radius 2 is 2.31 bits per heavy atom. The van der Waals surface area contributed by atoms with Crippen molar-refractivity contribution in [2.45, 2.75) is 19.1 Å². The second kappa shape index (κ2) is 8.42. The molecule has 0 spiro atoms. The molecule has 0 aromatic carbocycles. The molecule has 0 saturated heterocycles. The molecule has 90 valence electrons. The van der Waals surface area contributed by atoms with Crippen molar-refractivity contribution < 1.29 is 4.74 Å². The summed E-state index contributed by atoms with van der Waals surface area (Å²) in [4.78, 5) is 4.33. The van der Waals surface area contributed by atoms with Crippen molar-refractivity contribution >= 4 is 17.6 Å². The second-order valence-corrected chi connectivity index (χ2v) is 4.59. The summed E-state index contributed by atoms with van der Waals surface area (Å²) in [5.41, 5.74) is 1.28. The monoisotopic (exact) mass is 240 g/mol. The van der Waals surface area contributed by atoms with Gasteiger partial charge in [0.2, 0.25) is 0 Å². The molecule has 1 aromatic heterocycles. The van der Waals surface area contributed by atoms with Crippen LogP contribution >= 0.6 is 11.8 Å². The third kappa shape index (κ3) is 5.37. The maximum Gasteiger partial charge on any atom is 0.125 e. The third-order valence-electron chi connectivity index (χ3n) is 2.09. The van der Waals surface area contributed by atoms with Crippen LogP contribution in [0.5, 0.6) is 0 Å². The fourth-order valence-electron chi connectivity index (χ4n) is 1.29. The first-order valence-electron chi connectivity index (χ1n) is 5.62. The first-order chi connectivity index (χ1) is 7.86. The van der Waals surface area contributed by atoms with E-state index in [0.717, 1.165) is 36.9 Å². The van der Waals surface area contributed by atoms with E-state index in [1.807, 2.05) is 24.0 Å². The zero-order valence-corrected chi connectivity index (χ0v) is 10.8. The maximum absolute atomic E-state index is 5.00. The van der Waals surface area contributed by atoms with Crippen molar-refractivity contribution in [3.8, 4) is 0 Å². The SMILES string of the molecule is CCNc1ccc(CSCCCOC)cn1. The van der Waals surface area contributed by atoms with Gasteiger partial charge in [-0.05, 0) is 30.7 Å². The Hall–Kier alpha value is -0.740. The number of anilines is 1. The summed E-state index contributed by atoms with van der Waals surface area (Å²) in [6.45, 7) is 3.84. The van der Waals surface area contributed by atoms with Gasteiger partial charge in [-0.2, -0.15) is 11.8 Å². The van der Waals surface area contributed by atoms with Gasteiger partial charge in [-0.3, -0.25) is 0 Å². The van der Waals surface area contributed by atoms with Crippen molar-refractivity contribution in [3.05, 3.63) is 23.9 Å². The van der Waals surface area contributed by atoms with E-state index in [4.69, 9.17) is 4.74 Å². The predicted molar refractivity (Wildman–Crippen MR) is 71.1 cm³/mol. The van der Waals surface area contributed by atoms with Gasteiger partial charge in [-0.15, -0.1) is 0 Å². The molecule has 0 aliphatic carbocycles. The summed E-state index contributed by atoms with van der Waals surface area (Å²) in [5, 5.41) is 3.18. The van der Waals surface area contributed by atoms with E-state index in [2.05, 4.69) is 23.3 Å². The number of methoxy groups -OCH3 is 1. The van der Waals surface area contributed by atoms with Gasteiger partial charge in [0.25, 0.3) is 0 Å². The van der Waals surface area contributed by atoms with Crippen molar-refractivity contribution in [1.82, 2.24) is 4.98 Å². The van der Waals surface area contributed by atoms with Crippen LogP contribution in [0.25, 0.3) is 0 Å². The Labute approximate surface area is 102 Å². The van der Waals surface area contributed by atoms with Gasteiger partial charge in [-0.1, -0.05) is 6.07 Å². The number of pyridine rings is 1. The van der Waals surface area contributed by atoms with Crippen molar-refractivity contribution in [3.63, 3.8) is 0 Å². The molecule has 16 heavy (non-hydrogen) atoms. The zero-order valence-electron chi connectivity index (χ0n) is 10.0. The first kappa shape index (κ1) is 13.3. The number of thioether (sulfide) groups is 1. The van der Waals surface area contributed by atoms with Crippen LogP contribution in [0.3, 0.4) is 0 Å². The number of nitrogens with zero attached hydrogens (tertiary/aromatic N) is 1. The topological polar surface area (TPSA) is 34.1 Å². The summed E-state index contributed by atoms with van der Waals surface area (Å²) >= 11 is 1.93. The molecule has 3 nitrogen and oxygen atoms in total. The van der Waals surface area contributed by atoms with Crippen molar-refractivity contribution in [2.75, 3.05) is 31.3 Å². The minimum absolute atomic E-state index is 0.852. The van der Waals surface area contributed by atoms with Gasteiger partial charge in [0.05, 0.1) is 0 Å². The summed E-state index contributed by atoms with van der Waals surface area (Å²) < 4.78 is 5.00. The molecule has 1 rings (SSSR count). The Bertz CT molecular complexity index is 277. The number of aromatic nitrogens is 1. The van der Waals surface area contributed by atoms with Gasteiger partial charge >= 0.3 is 0 Å². The molecular formula is C12H20N2OS. The molecule has 4 heteroatoms. The number of rotatable bonds is 8. The van der Waals surface area contributed by atoms with E-state index < -0.39 is 0 Å². The summed E-state index contributed by atoms with van der Waals surface area (Å²) in [6, 6.07) is 4.17. The highest BCUT2D eigenvalue weighted by atomic mass is 32.2. The van der Waals surface area contributed by atoms with Crippen LogP contribution in [0, 0.1) is 0 Å². The molecule has 0 amide bonds. The number of hydrogen-bond acceptors (Lipinski definition) is 4. The van der Waals surface area contributed by atoms with Crippen LogP contribution in [0.4, 0.5) is 5.82 Å². The Balaban J connectivity index is 2.21. The molecule has 0 saturated carbocycles. The van der Waals surface area contributed by atoms with Crippen molar-refractivity contribution in [1.29, 1.82) is 0 Å². The molecule has 0 radical (unpaired) electrons. The Morgan fingerprint density at radius 3 is 2.94 bits per heavy atom. The normalized spacial score (nSPS) is 10.4. The number of ether oxygens (including phenoxy) is 1. The van der Waals surface area contributed by atoms with Gasteiger partial charge in [-0.25, -0.2) is 4.98 Å². The van der Waals surface area contributed by atoms with Crippen LogP contribution in [-0.2, 0) is 10.5 Å². The number of hydrogen-bond donors (Lipinski definition) is 1. The fraction of sp³-hybridized carbons (Fsp3) is 0.583. The summed E-state index contributed by atoms with van der Waals surface area (Å²) in [5.74, 6) is 3.13. The quantitative estimate of drug-likeness (QED) is 0.709.